The van der Waals surface area contributed by atoms with Gasteiger partial charge in [-0.1, -0.05) is 30.4 Å². The first kappa shape index (κ1) is 23.5. The van der Waals surface area contributed by atoms with Crippen LogP contribution in [0.3, 0.4) is 0 Å². The lowest BCUT2D eigenvalue weighted by Gasteiger charge is -2.13. The van der Waals surface area contributed by atoms with Gasteiger partial charge in [-0.15, -0.1) is 0 Å². The minimum atomic E-state index is -0.843. The zero-order valence-corrected chi connectivity index (χ0v) is 18.7. The van der Waals surface area contributed by atoms with Crippen LogP contribution >= 0.6 is 0 Å². The Morgan fingerprint density at radius 1 is 0.758 bits per heavy atom. The van der Waals surface area contributed by atoms with E-state index in [4.69, 9.17) is 23.7 Å². The standard InChI is InChI=1S/C25H24FNO6/c1-29-21-12-11-16(9-10-17-14-22(30-2)24(32-4)23(15-17)31-3)13-19(21)27-25(28)33-20-8-6-5-7-18(20)26/h5-15H,1-4H3,(H,27,28)/b10-9-. The van der Waals surface area contributed by atoms with Crippen molar-refractivity contribution in [2.75, 3.05) is 33.8 Å². The Balaban J connectivity index is 1.83. The summed E-state index contributed by atoms with van der Waals surface area (Å²) in [6.07, 6.45) is 2.85. The first-order valence-corrected chi connectivity index (χ1v) is 9.88. The van der Waals surface area contributed by atoms with Gasteiger partial charge in [-0.3, -0.25) is 5.32 Å². The van der Waals surface area contributed by atoms with Crippen LogP contribution in [-0.4, -0.2) is 34.5 Å². The van der Waals surface area contributed by atoms with Gasteiger partial charge >= 0.3 is 6.09 Å². The molecule has 0 spiro atoms. The molecular weight excluding hydrogens is 429 g/mol. The third-order valence-electron chi connectivity index (χ3n) is 4.65. The monoisotopic (exact) mass is 453 g/mol. The lowest BCUT2D eigenvalue weighted by molar-refractivity contribution is 0.213. The second-order valence-corrected chi connectivity index (χ2v) is 6.70. The Morgan fingerprint density at radius 2 is 1.39 bits per heavy atom. The predicted molar refractivity (Wildman–Crippen MR) is 124 cm³/mol. The van der Waals surface area contributed by atoms with E-state index in [-0.39, 0.29) is 5.75 Å². The van der Waals surface area contributed by atoms with Gasteiger partial charge in [0.1, 0.15) is 5.75 Å². The molecule has 0 saturated carbocycles. The summed E-state index contributed by atoms with van der Waals surface area (Å²) < 4.78 is 40.2. The average Bonchev–Trinajstić information content (AvgIpc) is 2.83. The van der Waals surface area contributed by atoms with Crippen molar-refractivity contribution in [1.82, 2.24) is 0 Å². The molecule has 172 valence electrons. The zero-order chi connectivity index (χ0) is 23.8. The van der Waals surface area contributed by atoms with Crippen molar-refractivity contribution in [1.29, 1.82) is 0 Å². The molecule has 0 aliphatic carbocycles. The fourth-order valence-electron chi connectivity index (χ4n) is 3.08. The molecule has 0 aliphatic rings. The molecule has 0 atom stereocenters. The van der Waals surface area contributed by atoms with Crippen molar-refractivity contribution in [3.8, 4) is 28.7 Å². The number of anilines is 1. The second-order valence-electron chi connectivity index (χ2n) is 6.70. The lowest BCUT2D eigenvalue weighted by atomic mass is 10.1. The van der Waals surface area contributed by atoms with Gasteiger partial charge in [0.2, 0.25) is 5.75 Å². The van der Waals surface area contributed by atoms with Crippen LogP contribution in [0.4, 0.5) is 14.9 Å². The quantitative estimate of drug-likeness (QED) is 0.445. The number of carbonyl (C=O) groups is 1. The molecule has 7 nitrogen and oxygen atoms in total. The highest BCUT2D eigenvalue weighted by molar-refractivity contribution is 5.89. The topological polar surface area (TPSA) is 75.3 Å². The van der Waals surface area contributed by atoms with E-state index in [1.165, 1.54) is 25.3 Å². The molecular formula is C25H24FNO6. The smallest absolute Gasteiger partial charge is 0.417 e. The van der Waals surface area contributed by atoms with Crippen molar-refractivity contribution in [2.45, 2.75) is 0 Å². The van der Waals surface area contributed by atoms with Crippen LogP contribution in [-0.2, 0) is 0 Å². The molecule has 0 heterocycles. The fourth-order valence-corrected chi connectivity index (χ4v) is 3.08. The van der Waals surface area contributed by atoms with Crippen molar-refractivity contribution in [2.24, 2.45) is 0 Å². The van der Waals surface area contributed by atoms with E-state index in [0.29, 0.717) is 28.7 Å². The maximum Gasteiger partial charge on any atom is 0.417 e. The summed E-state index contributed by atoms with van der Waals surface area (Å²) in [5.74, 6) is 1.18. The number of rotatable bonds is 8. The number of hydrogen-bond acceptors (Lipinski definition) is 6. The minimum absolute atomic E-state index is 0.174. The molecule has 3 aromatic rings. The summed E-state index contributed by atoms with van der Waals surface area (Å²) >= 11 is 0. The third-order valence-corrected chi connectivity index (χ3v) is 4.65. The highest BCUT2D eigenvalue weighted by Gasteiger charge is 2.13. The molecule has 1 amide bonds. The van der Waals surface area contributed by atoms with E-state index >= 15 is 0 Å². The SMILES string of the molecule is COc1ccc(/C=C\c2cc(OC)c(OC)c(OC)c2)cc1NC(=O)Oc1ccccc1F. The lowest BCUT2D eigenvalue weighted by Crippen LogP contribution is -2.17. The van der Waals surface area contributed by atoms with E-state index in [1.807, 2.05) is 30.4 Å². The molecule has 0 aliphatic heterocycles. The molecule has 3 rings (SSSR count). The Kier molecular flexibility index (Phi) is 7.75. The number of para-hydroxylation sites is 1. The second kappa shape index (κ2) is 10.9. The molecule has 3 aromatic carbocycles. The van der Waals surface area contributed by atoms with Crippen LogP contribution in [0.5, 0.6) is 28.7 Å². The summed E-state index contributed by atoms with van der Waals surface area (Å²) in [7, 11) is 6.12. The van der Waals surface area contributed by atoms with Crippen LogP contribution in [0.25, 0.3) is 12.2 Å². The van der Waals surface area contributed by atoms with Crippen LogP contribution in [0, 0.1) is 5.82 Å². The summed E-state index contributed by atoms with van der Waals surface area (Å²) in [5, 5.41) is 2.58. The van der Waals surface area contributed by atoms with Gasteiger partial charge in [0.15, 0.2) is 23.1 Å². The molecule has 0 radical (unpaired) electrons. The van der Waals surface area contributed by atoms with Crippen molar-refractivity contribution in [3.63, 3.8) is 0 Å². The average molecular weight is 453 g/mol. The maximum atomic E-state index is 13.8. The van der Waals surface area contributed by atoms with Gasteiger partial charge in [0, 0.05) is 0 Å². The minimum Gasteiger partial charge on any atom is -0.495 e. The fraction of sp³-hybridized carbons (Fsp3) is 0.160. The van der Waals surface area contributed by atoms with Gasteiger partial charge < -0.3 is 23.7 Å². The normalized spacial score (nSPS) is 10.6. The van der Waals surface area contributed by atoms with Crippen LogP contribution < -0.4 is 29.0 Å². The molecule has 0 bridgehead atoms. The van der Waals surface area contributed by atoms with Gasteiger partial charge in [0.05, 0.1) is 34.1 Å². The molecule has 0 aromatic heterocycles. The number of methoxy groups -OCH3 is 4. The first-order valence-electron chi connectivity index (χ1n) is 9.88. The number of ether oxygens (including phenoxy) is 5. The van der Waals surface area contributed by atoms with Gasteiger partial charge in [-0.05, 0) is 47.5 Å². The predicted octanol–water partition coefficient (Wildman–Crippen LogP) is 5.64. The summed E-state index contributed by atoms with van der Waals surface area (Å²) in [4.78, 5) is 12.3. The molecule has 8 heteroatoms. The number of amides is 1. The van der Waals surface area contributed by atoms with E-state index < -0.39 is 11.9 Å². The van der Waals surface area contributed by atoms with Crippen LogP contribution in [0.1, 0.15) is 11.1 Å². The Labute approximate surface area is 191 Å². The third kappa shape index (κ3) is 5.74. The number of carbonyl (C=O) groups excluding carboxylic acids is 1. The largest absolute Gasteiger partial charge is 0.495 e. The van der Waals surface area contributed by atoms with Gasteiger partial charge in [-0.25, -0.2) is 9.18 Å². The zero-order valence-electron chi connectivity index (χ0n) is 18.7. The maximum absolute atomic E-state index is 13.8. The van der Waals surface area contributed by atoms with Gasteiger partial charge in [0.25, 0.3) is 0 Å². The Morgan fingerprint density at radius 3 is 2.00 bits per heavy atom. The molecule has 33 heavy (non-hydrogen) atoms. The molecule has 0 unspecified atom stereocenters. The first-order chi connectivity index (χ1) is 16.0. The van der Waals surface area contributed by atoms with Crippen molar-refractivity contribution < 1.29 is 32.9 Å². The van der Waals surface area contributed by atoms with E-state index in [9.17, 15) is 9.18 Å². The Bertz CT molecular complexity index is 1140. The molecule has 1 N–H and O–H groups in total. The van der Waals surface area contributed by atoms with Crippen molar-refractivity contribution in [3.05, 3.63) is 71.5 Å². The van der Waals surface area contributed by atoms with Crippen molar-refractivity contribution >= 4 is 23.9 Å². The summed E-state index contributed by atoms with van der Waals surface area (Å²) in [6.45, 7) is 0. The highest BCUT2D eigenvalue weighted by atomic mass is 19.1. The number of benzene rings is 3. The van der Waals surface area contributed by atoms with E-state index in [0.717, 1.165) is 11.1 Å². The molecule has 0 fully saturated rings. The Hall–Kier alpha value is -4.20. The number of nitrogens with one attached hydrogen (secondary N) is 1. The van der Waals surface area contributed by atoms with Crippen LogP contribution in [0.2, 0.25) is 0 Å². The summed E-state index contributed by atoms with van der Waals surface area (Å²) in [5.41, 5.74) is 1.95. The van der Waals surface area contributed by atoms with E-state index in [1.54, 1.807) is 39.5 Å². The molecule has 0 saturated heterocycles. The van der Waals surface area contributed by atoms with Gasteiger partial charge in [-0.2, -0.15) is 0 Å². The van der Waals surface area contributed by atoms with E-state index in [2.05, 4.69) is 5.32 Å². The summed E-state index contributed by atoms with van der Waals surface area (Å²) in [6, 6.07) is 14.5. The highest BCUT2D eigenvalue weighted by Crippen LogP contribution is 2.38. The van der Waals surface area contributed by atoms with Crippen LogP contribution in [0.15, 0.2) is 54.6 Å². The number of hydrogen-bond donors (Lipinski definition) is 1. The number of halogens is 1.